The second-order valence-electron chi connectivity index (χ2n) is 6.92. The lowest BCUT2D eigenvalue weighted by molar-refractivity contribution is 0.0653. The van der Waals surface area contributed by atoms with Gasteiger partial charge in [0.15, 0.2) is 0 Å². The lowest BCUT2D eigenvalue weighted by Gasteiger charge is -2.42. The third kappa shape index (κ3) is 3.59. The van der Waals surface area contributed by atoms with E-state index in [1.807, 2.05) is 0 Å². The van der Waals surface area contributed by atoms with Gasteiger partial charge in [-0.25, -0.2) is 18.1 Å². The fraction of sp³-hybridized carbons (Fsp3) is 0.471. The van der Waals surface area contributed by atoms with Crippen molar-refractivity contribution >= 4 is 27.5 Å². The van der Waals surface area contributed by atoms with Crippen LogP contribution in [0.1, 0.15) is 29.2 Å². The molecule has 1 atom stereocenters. The van der Waals surface area contributed by atoms with Crippen molar-refractivity contribution in [2.24, 2.45) is 0 Å². The maximum Gasteiger partial charge on any atom is 0.253 e. The Hall–Kier alpha value is -1.97. The monoisotopic (exact) mass is 409 g/mol. The van der Waals surface area contributed by atoms with Gasteiger partial charge < -0.3 is 4.90 Å². The van der Waals surface area contributed by atoms with E-state index in [4.69, 9.17) is 11.6 Å². The zero-order valence-electron chi connectivity index (χ0n) is 14.6. The highest BCUT2D eigenvalue weighted by Gasteiger charge is 2.44. The molecule has 2 aliphatic heterocycles. The van der Waals surface area contributed by atoms with Gasteiger partial charge in [0, 0.05) is 36.8 Å². The zero-order valence-corrected chi connectivity index (χ0v) is 16.2. The first kappa shape index (κ1) is 18.4. The Balaban J connectivity index is 1.40. The molecule has 0 bridgehead atoms. The molecule has 2 fully saturated rings. The Labute approximate surface area is 162 Å². The van der Waals surface area contributed by atoms with Gasteiger partial charge in [-0.3, -0.25) is 4.79 Å². The van der Waals surface area contributed by atoms with Crippen molar-refractivity contribution in [1.29, 1.82) is 0 Å². The smallest absolute Gasteiger partial charge is 0.253 e. The number of halogens is 1. The topological polar surface area (TPSA) is 88.4 Å². The quantitative estimate of drug-likeness (QED) is 0.762. The largest absolute Gasteiger partial charge is 0.336 e. The molecule has 3 heterocycles. The average molecular weight is 410 g/mol. The van der Waals surface area contributed by atoms with Gasteiger partial charge >= 0.3 is 0 Å². The molecular weight excluding hydrogens is 390 g/mol. The van der Waals surface area contributed by atoms with Gasteiger partial charge in [0.1, 0.15) is 17.9 Å². The highest BCUT2D eigenvalue weighted by Crippen LogP contribution is 2.28. The number of sulfonamides is 1. The molecule has 10 heteroatoms. The number of likely N-dealkylation sites (tertiary alicyclic amines) is 1. The van der Waals surface area contributed by atoms with E-state index in [1.165, 1.54) is 10.6 Å². The van der Waals surface area contributed by atoms with E-state index in [0.29, 0.717) is 23.7 Å². The van der Waals surface area contributed by atoms with E-state index >= 15 is 0 Å². The van der Waals surface area contributed by atoms with E-state index < -0.39 is 15.3 Å². The van der Waals surface area contributed by atoms with E-state index in [1.54, 1.807) is 40.2 Å². The van der Waals surface area contributed by atoms with Crippen molar-refractivity contribution in [3.05, 3.63) is 47.5 Å². The van der Waals surface area contributed by atoms with Crippen molar-refractivity contribution in [2.75, 3.05) is 26.2 Å². The second-order valence-corrected chi connectivity index (χ2v) is 9.57. The minimum absolute atomic E-state index is 0.000275. The number of aromatic nitrogens is 3. The second kappa shape index (κ2) is 7.21. The lowest BCUT2D eigenvalue weighted by Crippen LogP contribution is -2.60. The number of carbonyl (C=O) groups is 1. The van der Waals surface area contributed by atoms with Crippen LogP contribution in [0.15, 0.2) is 36.9 Å². The highest BCUT2D eigenvalue weighted by molar-refractivity contribution is 7.89. The summed E-state index contributed by atoms with van der Waals surface area (Å²) in [5.74, 6) is -0.192. The number of rotatable bonds is 4. The number of carbonyl (C=O) groups excluding carboxylic acids is 1. The Morgan fingerprint density at radius 1 is 1.22 bits per heavy atom. The molecule has 0 unspecified atom stereocenters. The first-order valence-corrected chi connectivity index (χ1v) is 10.7. The zero-order chi connectivity index (χ0) is 19.0. The molecular formula is C17H20ClN5O3S. The van der Waals surface area contributed by atoms with Crippen LogP contribution in [0.2, 0.25) is 5.02 Å². The van der Waals surface area contributed by atoms with Gasteiger partial charge in [-0.1, -0.05) is 17.7 Å². The van der Waals surface area contributed by atoms with E-state index in [2.05, 4.69) is 10.1 Å². The summed E-state index contributed by atoms with van der Waals surface area (Å²) in [4.78, 5) is 18.0. The van der Waals surface area contributed by atoms with Crippen LogP contribution in [-0.2, 0) is 10.0 Å². The number of amides is 1. The Kier molecular flexibility index (Phi) is 4.92. The number of benzene rings is 1. The summed E-state index contributed by atoms with van der Waals surface area (Å²) in [7, 11) is -3.45. The van der Waals surface area contributed by atoms with Gasteiger partial charge in [-0.05, 0) is 31.0 Å². The standard InChI is InChI=1S/C17H20ClN5O3S/c18-14-4-1-3-13(7-14)17(24)21-9-16(10-21)27(25,26)22-6-2-5-15(8-22)23-12-19-11-20-23/h1,3-4,7,11-12,15-16H,2,5-6,8-10H2/t15-/m0/s1. The maximum atomic E-state index is 13.0. The van der Waals surface area contributed by atoms with Gasteiger partial charge in [-0.2, -0.15) is 9.40 Å². The number of hydrogen-bond acceptors (Lipinski definition) is 5. The van der Waals surface area contributed by atoms with Gasteiger partial charge in [0.2, 0.25) is 10.0 Å². The minimum atomic E-state index is -3.45. The Morgan fingerprint density at radius 2 is 2.04 bits per heavy atom. The fourth-order valence-corrected chi connectivity index (χ4v) is 5.69. The predicted octanol–water partition coefficient (Wildman–Crippen LogP) is 1.42. The summed E-state index contributed by atoms with van der Waals surface area (Å²) in [5, 5.41) is 4.06. The van der Waals surface area contributed by atoms with E-state index in [0.717, 1.165) is 12.8 Å². The normalized spacial score (nSPS) is 21.8. The fourth-order valence-electron chi connectivity index (χ4n) is 3.58. The van der Waals surface area contributed by atoms with Crippen LogP contribution in [0, 0.1) is 0 Å². The molecule has 2 aliphatic rings. The molecule has 4 rings (SSSR count). The molecule has 1 amide bonds. The van der Waals surface area contributed by atoms with Crippen LogP contribution in [-0.4, -0.2) is 69.7 Å². The summed E-state index contributed by atoms with van der Waals surface area (Å²) < 4.78 is 29.2. The van der Waals surface area contributed by atoms with Crippen LogP contribution in [0.5, 0.6) is 0 Å². The maximum absolute atomic E-state index is 13.0. The molecule has 27 heavy (non-hydrogen) atoms. The SMILES string of the molecule is O=C(c1cccc(Cl)c1)N1CC(S(=O)(=O)N2CCC[C@H](n3cncn3)C2)C1. The summed E-state index contributed by atoms with van der Waals surface area (Å²) in [5.41, 5.74) is 0.475. The molecule has 8 nitrogen and oxygen atoms in total. The molecule has 2 aromatic rings. The third-order valence-corrected chi connectivity index (χ3v) is 7.59. The van der Waals surface area contributed by atoms with Crippen LogP contribution >= 0.6 is 11.6 Å². The highest BCUT2D eigenvalue weighted by atomic mass is 35.5. The number of hydrogen-bond donors (Lipinski definition) is 0. The lowest BCUT2D eigenvalue weighted by atomic mass is 10.1. The summed E-state index contributed by atoms with van der Waals surface area (Å²) >= 11 is 5.93. The first-order valence-electron chi connectivity index (χ1n) is 8.83. The Morgan fingerprint density at radius 3 is 2.74 bits per heavy atom. The molecule has 0 aliphatic carbocycles. The molecule has 0 radical (unpaired) electrons. The molecule has 0 spiro atoms. The molecule has 1 aromatic carbocycles. The van der Waals surface area contributed by atoms with Crippen molar-refractivity contribution in [2.45, 2.75) is 24.1 Å². The van der Waals surface area contributed by atoms with Crippen LogP contribution in [0.3, 0.4) is 0 Å². The predicted molar refractivity (Wildman–Crippen MR) is 99.9 cm³/mol. The molecule has 1 aromatic heterocycles. The first-order chi connectivity index (χ1) is 12.9. The summed E-state index contributed by atoms with van der Waals surface area (Å²) in [6.45, 7) is 1.31. The summed E-state index contributed by atoms with van der Waals surface area (Å²) in [6.07, 6.45) is 4.73. The molecule has 2 saturated heterocycles. The van der Waals surface area contributed by atoms with Crippen molar-refractivity contribution in [1.82, 2.24) is 24.0 Å². The molecule has 0 saturated carbocycles. The van der Waals surface area contributed by atoms with Crippen molar-refractivity contribution in [3.63, 3.8) is 0 Å². The number of nitrogens with zero attached hydrogens (tertiary/aromatic N) is 5. The Bertz CT molecular complexity index is 928. The van der Waals surface area contributed by atoms with Crippen LogP contribution < -0.4 is 0 Å². The molecule has 0 N–H and O–H groups in total. The van der Waals surface area contributed by atoms with E-state index in [-0.39, 0.29) is 25.0 Å². The summed E-state index contributed by atoms with van der Waals surface area (Å²) in [6, 6.07) is 6.69. The third-order valence-electron chi connectivity index (χ3n) is 5.16. The molecule has 144 valence electrons. The van der Waals surface area contributed by atoms with Gasteiger partial charge in [0.25, 0.3) is 5.91 Å². The van der Waals surface area contributed by atoms with Crippen LogP contribution in [0.25, 0.3) is 0 Å². The van der Waals surface area contributed by atoms with E-state index in [9.17, 15) is 13.2 Å². The van der Waals surface area contributed by atoms with Gasteiger partial charge in [0.05, 0.1) is 6.04 Å². The van der Waals surface area contributed by atoms with Crippen molar-refractivity contribution in [3.8, 4) is 0 Å². The van der Waals surface area contributed by atoms with Gasteiger partial charge in [-0.15, -0.1) is 0 Å². The van der Waals surface area contributed by atoms with Crippen molar-refractivity contribution < 1.29 is 13.2 Å². The average Bonchev–Trinajstić information content (AvgIpc) is 3.15. The van der Waals surface area contributed by atoms with Crippen LogP contribution in [0.4, 0.5) is 0 Å². The minimum Gasteiger partial charge on any atom is -0.336 e. The number of piperidine rings is 1.